The van der Waals surface area contributed by atoms with Gasteiger partial charge in [-0.2, -0.15) is 0 Å². The highest BCUT2D eigenvalue weighted by Gasteiger charge is 2.20. The lowest BCUT2D eigenvalue weighted by molar-refractivity contribution is -0.121. The van der Waals surface area contributed by atoms with Crippen LogP contribution in [0, 0.1) is 5.92 Å². The summed E-state index contributed by atoms with van der Waals surface area (Å²) in [5.74, 6) is 0.503. The topological polar surface area (TPSA) is 58.4 Å². The molecule has 3 N–H and O–H groups in total. The first-order valence-electron chi connectivity index (χ1n) is 5.35. The van der Waals surface area contributed by atoms with Crippen LogP contribution in [0.5, 0.6) is 0 Å². The third-order valence-electron chi connectivity index (χ3n) is 2.92. The Morgan fingerprint density at radius 3 is 2.60 bits per heavy atom. The van der Waals surface area contributed by atoms with Gasteiger partial charge in [0.05, 0.1) is 4.99 Å². The van der Waals surface area contributed by atoms with Crippen molar-refractivity contribution in [3.8, 4) is 0 Å². The fraction of sp³-hybridized carbons (Fsp3) is 0.800. The number of amides is 1. The zero-order valence-electron chi connectivity index (χ0n) is 9.16. The van der Waals surface area contributed by atoms with Crippen LogP contribution in [-0.2, 0) is 4.79 Å². The van der Waals surface area contributed by atoms with E-state index in [4.69, 9.17) is 18.0 Å². The molecule has 1 fully saturated rings. The standard InChI is InChI=1S/C10H19N3OS/c1-12-9(14)4-7-13-5-2-8(3-6-13)10(11)15/h8H,2-7H2,1H3,(H2,11,15)(H,12,14). The van der Waals surface area contributed by atoms with Gasteiger partial charge in [-0.15, -0.1) is 0 Å². The molecule has 5 heteroatoms. The van der Waals surface area contributed by atoms with Gasteiger partial charge in [-0.05, 0) is 25.9 Å². The van der Waals surface area contributed by atoms with Crippen molar-refractivity contribution in [2.24, 2.45) is 11.7 Å². The van der Waals surface area contributed by atoms with Gasteiger partial charge in [0, 0.05) is 25.9 Å². The molecule has 0 saturated carbocycles. The van der Waals surface area contributed by atoms with Gasteiger partial charge in [0.15, 0.2) is 0 Å². The van der Waals surface area contributed by atoms with Crippen LogP contribution in [0.2, 0.25) is 0 Å². The summed E-state index contributed by atoms with van der Waals surface area (Å²) >= 11 is 4.97. The third-order valence-corrected chi connectivity index (χ3v) is 3.26. The molecule has 1 aliphatic rings. The normalized spacial score (nSPS) is 18.7. The maximum atomic E-state index is 11.0. The Hall–Kier alpha value is -0.680. The molecular formula is C10H19N3OS. The number of nitrogens with one attached hydrogen (secondary N) is 1. The molecule has 0 aromatic heterocycles. The first-order chi connectivity index (χ1) is 7.13. The Kier molecular flexibility index (Phi) is 4.98. The maximum Gasteiger partial charge on any atom is 0.221 e. The molecule has 1 saturated heterocycles. The summed E-state index contributed by atoms with van der Waals surface area (Å²) in [6, 6.07) is 0. The first-order valence-corrected chi connectivity index (χ1v) is 5.76. The SMILES string of the molecule is CNC(=O)CCN1CCC(C(N)=S)CC1. The summed E-state index contributed by atoms with van der Waals surface area (Å²) in [6.07, 6.45) is 2.64. The van der Waals surface area contributed by atoms with Crippen molar-refractivity contribution < 1.29 is 4.79 Å². The number of carbonyl (C=O) groups is 1. The van der Waals surface area contributed by atoms with Gasteiger partial charge in [-0.1, -0.05) is 12.2 Å². The summed E-state index contributed by atoms with van der Waals surface area (Å²) in [6.45, 7) is 2.84. The molecule has 15 heavy (non-hydrogen) atoms. The Morgan fingerprint density at radius 1 is 1.53 bits per heavy atom. The van der Waals surface area contributed by atoms with Gasteiger partial charge < -0.3 is 16.0 Å². The van der Waals surface area contributed by atoms with E-state index < -0.39 is 0 Å². The minimum Gasteiger partial charge on any atom is -0.393 e. The molecule has 0 bridgehead atoms. The molecular weight excluding hydrogens is 210 g/mol. The van der Waals surface area contributed by atoms with Gasteiger partial charge in [-0.3, -0.25) is 4.79 Å². The maximum absolute atomic E-state index is 11.0. The van der Waals surface area contributed by atoms with Crippen LogP contribution >= 0.6 is 12.2 Å². The van der Waals surface area contributed by atoms with Crippen LogP contribution < -0.4 is 11.1 Å². The van der Waals surface area contributed by atoms with Crippen LogP contribution in [0.1, 0.15) is 19.3 Å². The summed E-state index contributed by atoms with van der Waals surface area (Å²) in [4.78, 5) is 14.0. The molecule has 0 unspecified atom stereocenters. The molecule has 0 aromatic rings. The molecule has 0 atom stereocenters. The van der Waals surface area contributed by atoms with Crippen molar-refractivity contribution in [2.45, 2.75) is 19.3 Å². The largest absolute Gasteiger partial charge is 0.393 e. The fourth-order valence-electron chi connectivity index (χ4n) is 1.83. The van der Waals surface area contributed by atoms with Crippen molar-refractivity contribution in [1.29, 1.82) is 0 Å². The van der Waals surface area contributed by atoms with E-state index in [-0.39, 0.29) is 5.91 Å². The molecule has 0 aliphatic carbocycles. The molecule has 1 amide bonds. The lowest BCUT2D eigenvalue weighted by atomic mass is 9.97. The van der Waals surface area contributed by atoms with E-state index in [1.807, 2.05) is 0 Å². The lowest BCUT2D eigenvalue weighted by Crippen LogP contribution is -2.39. The average molecular weight is 229 g/mol. The number of likely N-dealkylation sites (tertiary alicyclic amines) is 1. The van der Waals surface area contributed by atoms with Crippen molar-refractivity contribution in [3.05, 3.63) is 0 Å². The highest BCUT2D eigenvalue weighted by atomic mass is 32.1. The third kappa shape index (κ3) is 4.13. The van der Waals surface area contributed by atoms with Crippen molar-refractivity contribution in [2.75, 3.05) is 26.7 Å². The minimum absolute atomic E-state index is 0.103. The van der Waals surface area contributed by atoms with E-state index in [0.29, 0.717) is 17.3 Å². The molecule has 0 aromatic carbocycles. The summed E-state index contributed by atoms with van der Waals surface area (Å²) < 4.78 is 0. The lowest BCUT2D eigenvalue weighted by Gasteiger charge is -2.31. The van der Waals surface area contributed by atoms with Gasteiger partial charge in [-0.25, -0.2) is 0 Å². The van der Waals surface area contributed by atoms with Crippen LogP contribution in [0.3, 0.4) is 0 Å². The number of hydrogen-bond acceptors (Lipinski definition) is 3. The van der Waals surface area contributed by atoms with Crippen LogP contribution in [0.4, 0.5) is 0 Å². The molecule has 86 valence electrons. The van der Waals surface area contributed by atoms with E-state index in [1.54, 1.807) is 7.05 Å². The Labute approximate surface area is 96.2 Å². The number of thiocarbonyl (C=S) groups is 1. The zero-order valence-corrected chi connectivity index (χ0v) is 9.98. The Morgan fingerprint density at radius 2 is 2.13 bits per heavy atom. The van der Waals surface area contributed by atoms with Gasteiger partial charge >= 0.3 is 0 Å². The first kappa shape index (κ1) is 12.4. The average Bonchev–Trinajstić information content (AvgIpc) is 2.26. The number of nitrogens with two attached hydrogens (primary N) is 1. The zero-order chi connectivity index (χ0) is 11.3. The molecule has 0 spiro atoms. The number of nitrogens with zero attached hydrogens (tertiary/aromatic N) is 1. The minimum atomic E-state index is 0.103. The van der Waals surface area contributed by atoms with Crippen LogP contribution in [0.25, 0.3) is 0 Å². The van der Waals surface area contributed by atoms with Crippen LogP contribution in [0.15, 0.2) is 0 Å². The van der Waals surface area contributed by atoms with E-state index in [0.717, 1.165) is 32.5 Å². The van der Waals surface area contributed by atoms with Gasteiger partial charge in [0.2, 0.25) is 5.91 Å². The number of hydrogen-bond donors (Lipinski definition) is 2. The number of rotatable bonds is 4. The molecule has 4 nitrogen and oxygen atoms in total. The second kappa shape index (κ2) is 6.02. The monoisotopic (exact) mass is 229 g/mol. The molecule has 1 rings (SSSR count). The van der Waals surface area contributed by atoms with Gasteiger partial charge in [0.25, 0.3) is 0 Å². The van der Waals surface area contributed by atoms with E-state index in [2.05, 4.69) is 10.2 Å². The number of carbonyl (C=O) groups excluding carboxylic acids is 1. The van der Waals surface area contributed by atoms with E-state index >= 15 is 0 Å². The molecule has 1 aliphatic heterocycles. The second-order valence-electron chi connectivity index (χ2n) is 3.94. The second-order valence-corrected chi connectivity index (χ2v) is 4.41. The van der Waals surface area contributed by atoms with Crippen molar-refractivity contribution in [3.63, 3.8) is 0 Å². The van der Waals surface area contributed by atoms with E-state index in [9.17, 15) is 4.79 Å². The fourth-order valence-corrected chi connectivity index (χ4v) is 2.06. The number of piperidine rings is 1. The predicted octanol–water partition coefficient (Wildman–Crippen LogP) is 0.121. The smallest absolute Gasteiger partial charge is 0.221 e. The summed E-state index contributed by atoms with van der Waals surface area (Å²) in [5.41, 5.74) is 5.61. The Bertz CT molecular complexity index is 237. The van der Waals surface area contributed by atoms with Gasteiger partial charge in [0.1, 0.15) is 0 Å². The van der Waals surface area contributed by atoms with Crippen molar-refractivity contribution >= 4 is 23.1 Å². The Balaban J connectivity index is 2.20. The highest BCUT2D eigenvalue weighted by molar-refractivity contribution is 7.80. The highest BCUT2D eigenvalue weighted by Crippen LogP contribution is 2.17. The summed E-state index contributed by atoms with van der Waals surface area (Å²) in [5, 5.41) is 2.63. The van der Waals surface area contributed by atoms with E-state index in [1.165, 1.54) is 0 Å². The summed E-state index contributed by atoms with van der Waals surface area (Å²) in [7, 11) is 1.67. The van der Waals surface area contributed by atoms with Crippen LogP contribution in [-0.4, -0.2) is 42.5 Å². The molecule has 0 radical (unpaired) electrons. The quantitative estimate of drug-likeness (QED) is 0.672. The predicted molar refractivity (Wildman–Crippen MR) is 64.6 cm³/mol. The van der Waals surface area contributed by atoms with Crippen molar-refractivity contribution in [1.82, 2.24) is 10.2 Å². The molecule has 1 heterocycles.